The minimum absolute atomic E-state index is 0.0223. The summed E-state index contributed by atoms with van der Waals surface area (Å²) in [5.41, 5.74) is -1.46. The number of halogens is 4. The molecule has 2 heterocycles. The molecule has 0 bridgehead atoms. The topological polar surface area (TPSA) is 98.6 Å². The van der Waals surface area contributed by atoms with Crippen molar-refractivity contribution in [3.05, 3.63) is 38.3 Å². The normalized spacial score (nSPS) is 12.9. The van der Waals surface area contributed by atoms with Crippen LogP contribution in [-0.4, -0.2) is 39.0 Å². The van der Waals surface area contributed by atoms with Crippen LogP contribution in [0.2, 0.25) is 0 Å². The Balaban J connectivity index is 2.13. The number of rotatable bonds is 7. The molecule has 0 radical (unpaired) electrons. The van der Waals surface area contributed by atoms with Crippen molar-refractivity contribution in [1.82, 2.24) is 19.6 Å². The average Bonchev–Trinajstić information content (AvgIpc) is 3.05. The van der Waals surface area contributed by atoms with Gasteiger partial charge in [-0.15, -0.1) is 10.2 Å². The van der Waals surface area contributed by atoms with E-state index in [1.807, 2.05) is 0 Å². The van der Waals surface area contributed by atoms with Gasteiger partial charge in [0.25, 0.3) is 5.56 Å². The van der Waals surface area contributed by atoms with Crippen molar-refractivity contribution in [2.24, 2.45) is 0 Å². The predicted molar refractivity (Wildman–Crippen MR) is 103 cm³/mol. The zero-order chi connectivity index (χ0) is 21.4. The van der Waals surface area contributed by atoms with Crippen molar-refractivity contribution in [2.45, 2.75) is 26.4 Å². The van der Waals surface area contributed by atoms with Gasteiger partial charge >= 0.3 is 13.8 Å². The van der Waals surface area contributed by atoms with E-state index in [1.54, 1.807) is 13.8 Å². The third-order valence-corrected chi connectivity index (χ3v) is 6.80. The molecule has 1 aromatic carbocycles. The van der Waals surface area contributed by atoms with Crippen molar-refractivity contribution in [2.75, 3.05) is 19.4 Å². The molecule has 0 aliphatic heterocycles. The Bertz CT molecular complexity index is 1150. The van der Waals surface area contributed by atoms with E-state index < -0.39 is 24.9 Å². The molecule has 1 N–H and O–H groups in total. The summed E-state index contributed by atoms with van der Waals surface area (Å²) in [7, 11) is -3.38. The van der Waals surface area contributed by atoms with Crippen LogP contribution in [0.3, 0.4) is 0 Å². The molecule has 0 unspecified atom stereocenters. The fraction of sp³-hybridized carbons (Fsp3) is 0.438. The van der Waals surface area contributed by atoms with Crippen molar-refractivity contribution in [3.63, 3.8) is 0 Å². The summed E-state index contributed by atoms with van der Waals surface area (Å²) in [5.74, 6) is 0.252. The van der Waals surface area contributed by atoms with Gasteiger partial charge in [0, 0.05) is 10.9 Å². The number of hydrogen-bond donors (Lipinski definition) is 1. The van der Waals surface area contributed by atoms with Crippen molar-refractivity contribution in [1.29, 1.82) is 0 Å². The lowest BCUT2D eigenvalue weighted by molar-refractivity contribution is -0.138. The zero-order valence-corrected chi connectivity index (χ0v) is 17.9. The van der Waals surface area contributed by atoms with Crippen LogP contribution in [0.15, 0.2) is 21.4 Å². The van der Waals surface area contributed by atoms with Gasteiger partial charge in [0.15, 0.2) is 0 Å². The highest BCUT2D eigenvalue weighted by Crippen LogP contribution is 2.48. The largest absolute Gasteiger partial charge is 0.417 e. The molecule has 8 nitrogen and oxygen atoms in total. The number of aromatic amines is 1. The lowest BCUT2D eigenvalue weighted by Crippen LogP contribution is -2.14. The van der Waals surface area contributed by atoms with Gasteiger partial charge in [0.05, 0.1) is 36.0 Å². The van der Waals surface area contributed by atoms with Crippen LogP contribution < -0.4 is 5.56 Å². The van der Waals surface area contributed by atoms with Crippen molar-refractivity contribution >= 4 is 40.2 Å². The molecule has 0 saturated heterocycles. The Kier molecular flexibility index (Phi) is 6.19. The van der Waals surface area contributed by atoms with Crippen LogP contribution >= 0.6 is 23.5 Å². The molecule has 0 saturated carbocycles. The lowest BCUT2D eigenvalue weighted by atomic mass is 10.2. The fourth-order valence-corrected chi connectivity index (χ4v) is 5.07. The molecule has 158 valence electrons. The maximum atomic E-state index is 13.2. The van der Waals surface area contributed by atoms with Gasteiger partial charge in [-0.05, 0) is 26.0 Å². The van der Waals surface area contributed by atoms with E-state index >= 15 is 0 Å². The number of fused-ring (bicyclic) bond motifs is 3. The lowest BCUT2D eigenvalue weighted by Gasteiger charge is -2.16. The number of benzene rings is 1. The van der Waals surface area contributed by atoms with E-state index in [9.17, 15) is 22.5 Å². The highest BCUT2D eigenvalue weighted by Gasteiger charge is 2.34. The summed E-state index contributed by atoms with van der Waals surface area (Å²) >= 11 is 2.93. The quantitative estimate of drug-likeness (QED) is 0.493. The first-order valence-corrected chi connectivity index (χ1v) is 11.2. The molecule has 0 amide bonds. The van der Waals surface area contributed by atoms with Crippen molar-refractivity contribution < 1.29 is 26.8 Å². The Labute approximate surface area is 171 Å². The van der Waals surface area contributed by atoms with Crippen LogP contribution in [0, 0.1) is 0 Å². The fourth-order valence-electron chi connectivity index (χ4n) is 2.92. The maximum absolute atomic E-state index is 13.2. The molecule has 2 aromatic heterocycles. The average molecular weight is 497 g/mol. The summed E-state index contributed by atoms with van der Waals surface area (Å²) < 4.78 is 63.9. The van der Waals surface area contributed by atoms with Gasteiger partial charge in [0.1, 0.15) is 5.82 Å². The van der Waals surface area contributed by atoms with E-state index in [-0.39, 0.29) is 52.8 Å². The number of aromatic nitrogens is 4. The minimum atomic E-state index is -4.60. The molecular weight excluding hydrogens is 480 g/mol. The van der Waals surface area contributed by atoms with Crippen LogP contribution in [0.25, 0.3) is 16.7 Å². The summed E-state index contributed by atoms with van der Waals surface area (Å²) in [5, 5.41) is 7.78. The molecular formula is C16H17BrF3N4O4P. The standard InChI is InChI=1S/C16H17BrF3N4O4P/c1-3-27-29(26,28-4-2)6-5-13-22-23-14-15(25)21-11-7-9(16(18,19)20)10(17)8-12(11)24(13)14/h7-8H,3-6H2,1-2H3,(H,21,25). The molecule has 13 heteroatoms. The highest BCUT2D eigenvalue weighted by atomic mass is 79.9. The van der Waals surface area contributed by atoms with Crippen LogP contribution in [0.1, 0.15) is 25.2 Å². The third-order valence-electron chi connectivity index (χ3n) is 4.07. The first kappa shape index (κ1) is 21.9. The third kappa shape index (κ3) is 4.40. The molecule has 29 heavy (non-hydrogen) atoms. The number of alkyl halides is 3. The first-order chi connectivity index (χ1) is 13.6. The van der Waals surface area contributed by atoms with Gasteiger partial charge in [-0.2, -0.15) is 13.2 Å². The second-order valence-corrected chi connectivity index (χ2v) is 9.04. The highest BCUT2D eigenvalue weighted by molar-refractivity contribution is 9.10. The minimum Gasteiger partial charge on any atom is -0.317 e. The monoisotopic (exact) mass is 496 g/mol. The van der Waals surface area contributed by atoms with Gasteiger partial charge in [-0.3, -0.25) is 13.8 Å². The number of H-pyrrole nitrogens is 1. The van der Waals surface area contributed by atoms with Gasteiger partial charge < -0.3 is 14.0 Å². The van der Waals surface area contributed by atoms with Gasteiger partial charge in [0.2, 0.25) is 5.65 Å². The molecule has 3 aromatic rings. The zero-order valence-electron chi connectivity index (χ0n) is 15.4. The molecule has 3 rings (SSSR count). The van der Waals surface area contributed by atoms with Gasteiger partial charge in [-0.1, -0.05) is 15.9 Å². The van der Waals surface area contributed by atoms with E-state index in [2.05, 4.69) is 31.1 Å². The number of nitrogens with one attached hydrogen (secondary N) is 1. The molecule has 0 spiro atoms. The Morgan fingerprint density at radius 3 is 2.45 bits per heavy atom. The second kappa shape index (κ2) is 8.17. The molecule has 0 fully saturated rings. The molecule has 0 aliphatic carbocycles. The summed E-state index contributed by atoms with van der Waals surface area (Å²) in [6.07, 6.45) is -4.54. The summed E-state index contributed by atoms with van der Waals surface area (Å²) in [6, 6.07) is 2.08. The Hall–Kier alpha value is -1.75. The smallest absolute Gasteiger partial charge is 0.317 e. The van der Waals surface area contributed by atoms with E-state index in [1.165, 1.54) is 10.5 Å². The summed E-state index contributed by atoms with van der Waals surface area (Å²) in [6.45, 7) is 3.74. The van der Waals surface area contributed by atoms with Crippen molar-refractivity contribution in [3.8, 4) is 0 Å². The van der Waals surface area contributed by atoms with E-state index in [0.717, 1.165) is 6.07 Å². The van der Waals surface area contributed by atoms with E-state index in [0.29, 0.717) is 0 Å². The second-order valence-electron chi connectivity index (χ2n) is 6.00. The first-order valence-electron chi connectivity index (χ1n) is 8.64. The molecule has 0 aliphatic rings. The number of nitrogens with zero attached hydrogens (tertiary/aromatic N) is 3. The maximum Gasteiger partial charge on any atom is 0.417 e. The molecule has 0 atom stereocenters. The van der Waals surface area contributed by atoms with Gasteiger partial charge in [-0.25, -0.2) is 0 Å². The number of hydrogen-bond acceptors (Lipinski definition) is 6. The van der Waals surface area contributed by atoms with Crippen LogP contribution in [0.4, 0.5) is 13.2 Å². The summed E-state index contributed by atoms with van der Waals surface area (Å²) in [4.78, 5) is 14.7. The van der Waals surface area contributed by atoms with Crippen LogP contribution in [-0.2, 0) is 26.2 Å². The predicted octanol–water partition coefficient (Wildman–Crippen LogP) is 4.16. The van der Waals surface area contributed by atoms with E-state index in [4.69, 9.17) is 9.05 Å². The van der Waals surface area contributed by atoms with Crippen LogP contribution in [0.5, 0.6) is 0 Å². The SMILES string of the molecule is CCOP(=O)(CCc1nnc2c(=O)[nH]c3cc(C(F)(F)F)c(Br)cc3n12)OCC. The number of aryl methyl sites for hydroxylation is 1. The Morgan fingerprint density at radius 1 is 1.21 bits per heavy atom. The Morgan fingerprint density at radius 2 is 1.86 bits per heavy atom.